The number of hydrogen-bond donors (Lipinski definition) is 2. The van der Waals surface area contributed by atoms with Gasteiger partial charge in [0.1, 0.15) is 0 Å². The van der Waals surface area contributed by atoms with E-state index in [1.165, 1.54) is 6.07 Å². The predicted octanol–water partition coefficient (Wildman–Crippen LogP) is 3.45. The zero-order valence-electron chi connectivity index (χ0n) is 14.7. The van der Waals surface area contributed by atoms with Gasteiger partial charge in [-0.15, -0.1) is 0 Å². The Morgan fingerprint density at radius 1 is 1.15 bits per heavy atom. The third-order valence-electron chi connectivity index (χ3n) is 4.22. The lowest BCUT2D eigenvalue weighted by Gasteiger charge is -2.12. The first kappa shape index (κ1) is 19.0. The number of halogens is 1. The van der Waals surface area contributed by atoms with Crippen molar-refractivity contribution in [2.75, 3.05) is 13.2 Å². The summed E-state index contributed by atoms with van der Waals surface area (Å²) in [7, 11) is 0. The summed E-state index contributed by atoms with van der Waals surface area (Å²) in [4.78, 5) is 23.4. The van der Waals surface area contributed by atoms with Gasteiger partial charge in [-0.05, 0) is 35.7 Å². The third-order valence-corrected chi connectivity index (χ3v) is 4.50. The molecule has 0 radical (unpaired) electrons. The second kappa shape index (κ2) is 8.77. The summed E-state index contributed by atoms with van der Waals surface area (Å²) >= 11 is 6.25. The van der Waals surface area contributed by atoms with Gasteiger partial charge in [0.05, 0.1) is 23.8 Å². The minimum absolute atomic E-state index is 0.168. The molecule has 27 heavy (non-hydrogen) atoms. The van der Waals surface area contributed by atoms with Gasteiger partial charge >= 0.3 is 5.97 Å². The zero-order chi connectivity index (χ0) is 19.2. The molecule has 0 aromatic heterocycles. The number of nitrogens with one attached hydrogen (secondary N) is 1. The molecule has 2 aromatic carbocycles. The van der Waals surface area contributed by atoms with Gasteiger partial charge < -0.3 is 19.9 Å². The van der Waals surface area contributed by atoms with Crippen molar-refractivity contribution in [2.24, 2.45) is 0 Å². The Balaban J connectivity index is 1.58. The average molecular weight is 390 g/mol. The molecule has 1 heterocycles. The van der Waals surface area contributed by atoms with Gasteiger partial charge in [0.15, 0.2) is 11.5 Å². The number of fused-ring (bicyclic) bond motifs is 1. The zero-order valence-corrected chi connectivity index (χ0v) is 15.4. The van der Waals surface area contributed by atoms with Crippen LogP contribution < -0.4 is 14.8 Å². The summed E-state index contributed by atoms with van der Waals surface area (Å²) in [6.07, 6.45) is 1.34. The van der Waals surface area contributed by atoms with Gasteiger partial charge in [-0.2, -0.15) is 0 Å². The fraction of sp³-hybridized carbons (Fsp3) is 0.300. The van der Waals surface area contributed by atoms with Crippen molar-refractivity contribution in [1.29, 1.82) is 0 Å². The quantitative estimate of drug-likeness (QED) is 0.790. The minimum Gasteiger partial charge on any atom is -0.489 e. The Labute approximate surface area is 162 Å². The smallest absolute Gasteiger partial charge is 0.335 e. The van der Waals surface area contributed by atoms with Gasteiger partial charge in [0.2, 0.25) is 5.91 Å². The number of carboxylic acids is 1. The van der Waals surface area contributed by atoms with E-state index in [9.17, 15) is 14.7 Å². The number of aromatic carboxylic acids is 1. The van der Waals surface area contributed by atoms with Gasteiger partial charge in [-0.25, -0.2) is 4.79 Å². The second-order valence-corrected chi connectivity index (χ2v) is 6.60. The van der Waals surface area contributed by atoms with E-state index in [0.29, 0.717) is 48.3 Å². The summed E-state index contributed by atoms with van der Waals surface area (Å²) in [6, 6.07) is 10.2. The first-order valence-corrected chi connectivity index (χ1v) is 9.08. The summed E-state index contributed by atoms with van der Waals surface area (Å²) in [5.41, 5.74) is 1.67. The van der Waals surface area contributed by atoms with Crippen molar-refractivity contribution >= 4 is 23.5 Å². The Bertz CT molecular complexity index is 852. The highest BCUT2D eigenvalue weighted by Gasteiger charge is 2.16. The van der Waals surface area contributed by atoms with Crippen LogP contribution in [0.3, 0.4) is 0 Å². The van der Waals surface area contributed by atoms with E-state index in [1.807, 2.05) is 6.07 Å². The number of carbonyl (C=O) groups is 2. The minimum atomic E-state index is -0.993. The lowest BCUT2D eigenvalue weighted by molar-refractivity contribution is -0.121. The molecule has 7 heteroatoms. The van der Waals surface area contributed by atoms with Gasteiger partial charge in [0.25, 0.3) is 0 Å². The molecule has 1 amide bonds. The van der Waals surface area contributed by atoms with E-state index in [0.717, 1.165) is 12.0 Å². The summed E-state index contributed by atoms with van der Waals surface area (Å²) in [5, 5.41) is 12.5. The van der Waals surface area contributed by atoms with Gasteiger partial charge in [-0.1, -0.05) is 29.8 Å². The fourth-order valence-corrected chi connectivity index (χ4v) is 3.16. The van der Waals surface area contributed by atoms with Crippen LogP contribution >= 0.6 is 11.6 Å². The number of hydrogen-bond acceptors (Lipinski definition) is 4. The van der Waals surface area contributed by atoms with Crippen LogP contribution in [-0.2, 0) is 17.8 Å². The molecule has 0 unspecified atom stereocenters. The van der Waals surface area contributed by atoms with Crippen LogP contribution in [0.1, 0.15) is 34.3 Å². The molecule has 2 N–H and O–H groups in total. The Morgan fingerprint density at radius 3 is 2.74 bits per heavy atom. The number of amides is 1. The Morgan fingerprint density at radius 2 is 1.93 bits per heavy atom. The first-order valence-electron chi connectivity index (χ1n) is 8.70. The fourth-order valence-electron chi connectivity index (χ4n) is 2.87. The van der Waals surface area contributed by atoms with E-state index in [1.54, 1.807) is 24.3 Å². The normalized spacial score (nSPS) is 12.9. The van der Waals surface area contributed by atoms with E-state index in [2.05, 4.69) is 5.32 Å². The number of rotatable bonds is 6. The Kier molecular flexibility index (Phi) is 6.19. The highest BCUT2D eigenvalue weighted by Crippen LogP contribution is 2.37. The van der Waals surface area contributed by atoms with Gasteiger partial charge in [-0.3, -0.25) is 4.79 Å². The molecule has 3 rings (SSSR count). The van der Waals surface area contributed by atoms with E-state index in [-0.39, 0.29) is 17.9 Å². The number of benzene rings is 2. The SMILES string of the molecule is O=C(CCc1ccccc1C(=O)O)NCc1cc(Cl)c2c(c1)OCCCO2. The topological polar surface area (TPSA) is 84.9 Å². The standard InChI is InChI=1S/C20H20ClNO5/c21-16-10-13(11-17-19(16)27-9-3-8-26-17)12-22-18(23)7-6-14-4-1-2-5-15(14)20(24)25/h1-2,4-5,10-11H,3,6-9,12H2,(H,22,23)(H,24,25). The van der Waals surface area contributed by atoms with E-state index >= 15 is 0 Å². The molecule has 0 saturated heterocycles. The van der Waals surface area contributed by atoms with Crippen LogP contribution in [0, 0.1) is 0 Å². The summed E-state index contributed by atoms with van der Waals surface area (Å²) in [5.74, 6) is -0.0413. The lowest BCUT2D eigenvalue weighted by Crippen LogP contribution is -2.23. The lowest BCUT2D eigenvalue weighted by atomic mass is 10.0. The molecule has 0 fully saturated rings. The van der Waals surface area contributed by atoms with Crippen molar-refractivity contribution < 1.29 is 24.2 Å². The highest BCUT2D eigenvalue weighted by atomic mass is 35.5. The number of carboxylic acid groups (broad SMARTS) is 1. The van der Waals surface area contributed by atoms with Crippen LogP contribution in [0.25, 0.3) is 0 Å². The predicted molar refractivity (Wildman–Crippen MR) is 101 cm³/mol. The average Bonchev–Trinajstić information content (AvgIpc) is 2.90. The molecular formula is C20H20ClNO5. The third kappa shape index (κ3) is 4.92. The van der Waals surface area contributed by atoms with Crippen LogP contribution in [0.2, 0.25) is 5.02 Å². The second-order valence-electron chi connectivity index (χ2n) is 6.19. The van der Waals surface area contributed by atoms with Crippen LogP contribution in [0.5, 0.6) is 11.5 Å². The van der Waals surface area contributed by atoms with Gasteiger partial charge in [0, 0.05) is 19.4 Å². The molecule has 0 aliphatic carbocycles. The molecule has 2 aromatic rings. The van der Waals surface area contributed by atoms with Crippen molar-refractivity contribution in [3.05, 3.63) is 58.1 Å². The number of ether oxygens (including phenoxy) is 2. The molecule has 1 aliphatic rings. The maximum absolute atomic E-state index is 12.2. The Hall–Kier alpha value is -2.73. The molecule has 1 aliphatic heterocycles. The maximum Gasteiger partial charge on any atom is 0.335 e. The molecule has 0 saturated carbocycles. The van der Waals surface area contributed by atoms with Crippen LogP contribution in [0.4, 0.5) is 0 Å². The largest absolute Gasteiger partial charge is 0.489 e. The number of carbonyl (C=O) groups excluding carboxylic acids is 1. The summed E-state index contributed by atoms with van der Waals surface area (Å²) in [6.45, 7) is 1.42. The van der Waals surface area contributed by atoms with Crippen LogP contribution in [-0.4, -0.2) is 30.2 Å². The molecule has 0 spiro atoms. The monoisotopic (exact) mass is 389 g/mol. The molecule has 0 bridgehead atoms. The van der Waals surface area contributed by atoms with Crippen LogP contribution in [0.15, 0.2) is 36.4 Å². The van der Waals surface area contributed by atoms with Crippen molar-refractivity contribution in [3.63, 3.8) is 0 Å². The molecule has 0 atom stereocenters. The van der Waals surface area contributed by atoms with E-state index in [4.69, 9.17) is 21.1 Å². The maximum atomic E-state index is 12.2. The molecule has 6 nitrogen and oxygen atoms in total. The van der Waals surface area contributed by atoms with Crippen molar-refractivity contribution in [3.8, 4) is 11.5 Å². The number of aryl methyl sites for hydroxylation is 1. The van der Waals surface area contributed by atoms with Crippen molar-refractivity contribution in [1.82, 2.24) is 5.32 Å². The first-order chi connectivity index (χ1) is 13.0. The van der Waals surface area contributed by atoms with E-state index < -0.39 is 5.97 Å². The van der Waals surface area contributed by atoms with Crippen molar-refractivity contribution in [2.45, 2.75) is 25.8 Å². The molecule has 142 valence electrons. The highest BCUT2D eigenvalue weighted by molar-refractivity contribution is 6.32. The molecular weight excluding hydrogens is 370 g/mol. The summed E-state index contributed by atoms with van der Waals surface area (Å²) < 4.78 is 11.2.